The molecule has 2 aliphatic rings. The molecule has 0 spiro atoms. The molecule has 2 saturated carbocycles. The number of aliphatic carboxylic acids is 1. The van der Waals surface area contributed by atoms with Gasteiger partial charge in [0.05, 0.1) is 6.04 Å². The van der Waals surface area contributed by atoms with Crippen LogP contribution in [0.3, 0.4) is 0 Å². The van der Waals surface area contributed by atoms with E-state index in [1.807, 2.05) is 13.8 Å². The summed E-state index contributed by atoms with van der Waals surface area (Å²) in [5.74, 6) is -0.569. The number of nitrogens with two attached hydrogens (primary N) is 2. The van der Waals surface area contributed by atoms with Crippen molar-refractivity contribution in [2.45, 2.75) is 115 Å². The minimum Gasteiger partial charge on any atom is -0.702 e. The normalized spacial score (nSPS) is 21.0. The summed E-state index contributed by atoms with van der Waals surface area (Å²) in [6.07, 6.45) is 9.68. The first-order valence-electron chi connectivity index (χ1n) is 14.2. The van der Waals surface area contributed by atoms with Gasteiger partial charge in [-0.25, -0.2) is 0 Å². The molecular weight excluding hydrogens is 730 g/mol. The molecule has 1 radical (unpaired) electrons. The molecule has 279 valence electrons. The van der Waals surface area contributed by atoms with E-state index in [1.54, 1.807) is 13.8 Å². The predicted octanol–water partition coefficient (Wildman–Crippen LogP) is 4.77. The number of aliphatic hydroxyl groups is 1. The molecule has 6 atom stereocenters. The first-order chi connectivity index (χ1) is 17.8. The topological polar surface area (TPSA) is 193 Å². The number of nitrogens with one attached hydrogen (secondary N) is 5. The zero-order valence-corrected chi connectivity index (χ0v) is 34.8. The van der Waals surface area contributed by atoms with Crippen LogP contribution in [0.2, 0.25) is 0 Å². The fraction of sp³-hybridized carbons (Fsp3) is 0.821. The standard InChI is InChI=1S/C17H33N5.C6H13NO.C5H11NO2.Mn.6H2S/c1-13(18)12-22-17-9-5-4-8-16(17)21-11-10-20-15-7-3-2-6-14(15)19;1-4(2)6(7)5(3)8;1-3(2)4(6)5(7)8;;;;;;;/h14-22H,1-12H2;4,6,8H,3,7H2,1-2H3;3-4H,6H2,1-2H3,(H,7,8);;6*1H2/q-2;;;;;;;;;/t14-,15-,16-,17-;6-;4-;;;;;;;/m000......./s1. The van der Waals surface area contributed by atoms with Crippen LogP contribution in [0.25, 0.3) is 11.5 Å². The summed E-state index contributed by atoms with van der Waals surface area (Å²) in [4.78, 5) is 10.0. The molecule has 45 heavy (non-hydrogen) atoms. The van der Waals surface area contributed by atoms with Crippen molar-refractivity contribution in [1.29, 1.82) is 0 Å². The van der Waals surface area contributed by atoms with Crippen molar-refractivity contribution in [1.82, 2.24) is 16.0 Å². The molecule has 2 aliphatic carbocycles. The van der Waals surface area contributed by atoms with Crippen LogP contribution in [0.4, 0.5) is 0 Å². The van der Waals surface area contributed by atoms with Crippen molar-refractivity contribution < 1.29 is 32.1 Å². The summed E-state index contributed by atoms with van der Waals surface area (Å²) >= 11 is 0. The van der Waals surface area contributed by atoms with Crippen LogP contribution < -0.4 is 27.4 Å². The summed E-state index contributed by atoms with van der Waals surface area (Å²) in [7, 11) is 0. The molecule has 17 heteroatoms. The molecule has 10 nitrogen and oxygen atoms in total. The molecule has 2 rings (SSSR count). The fourth-order valence-corrected chi connectivity index (χ4v) is 4.43. The van der Waals surface area contributed by atoms with E-state index in [9.17, 15) is 4.79 Å². The van der Waals surface area contributed by atoms with Gasteiger partial charge in [0.2, 0.25) is 0 Å². The second-order valence-corrected chi connectivity index (χ2v) is 11.3. The Bertz CT molecular complexity index is 683. The van der Waals surface area contributed by atoms with Crippen LogP contribution in [-0.2, 0) is 21.9 Å². The molecule has 0 unspecified atom stereocenters. The Morgan fingerprint density at radius 3 is 1.38 bits per heavy atom. The van der Waals surface area contributed by atoms with E-state index in [0.29, 0.717) is 30.4 Å². The Morgan fingerprint density at radius 1 is 0.733 bits per heavy atom. The monoisotopic (exact) mass is 798 g/mol. The third-order valence-electron chi connectivity index (χ3n) is 7.15. The first kappa shape index (κ1) is 64.4. The fourth-order valence-electron chi connectivity index (χ4n) is 4.43. The second-order valence-electron chi connectivity index (χ2n) is 11.3. The maximum atomic E-state index is 10.0. The summed E-state index contributed by atoms with van der Waals surface area (Å²) in [6, 6.07) is 0.468. The maximum absolute atomic E-state index is 10.0. The van der Waals surface area contributed by atoms with Crippen LogP contribution in [0.1, 0.15) is 79.1 Å². The van der Waals surface area contributed by atoms with Crippen LogP contribution >= 0.6 is 81.0 Å². The average molecular weight is 799 g/mol. The van der Waals surface area contributed by atoms with E-state index in [1.165, 1.54) is 38.5 Å². The smallest absolute Gasteiger partial charge is 0.320 e. The molecule has 0 aromatic carbocycles. The summed E-state index contributed by atoms with van der Waals surface area (Å²) < 4.78 is 0. The van der Waals surface area contributed by atoms with Gasteiger partial charge >= 0.3 is 5.97 Å². The molecule has 0 heterocycles. The third-order valence-corrected chi connectivity index (χ3v) is 7.15. The van der Waals surface area contributed by atoms with Gasteiger partial charge in [-0.1, -0.05) is 66.4 Å². The number of aliphatic hydroxyl groups excluding tert-OH is 1. The average Bonchev–Trinajstić information content (AvgIpc) is 2.86. The number of carbonyl (C=O) groups is 1. The zero-order valence-electron chi connectivity index (χ0n) is 27.6. The van der Waals surface area contributed by atoms with Crippen LogP contribution in [-0.4, -0.2) is 72.1 Å². The van der Waals surface area contributed by atoms with Gasteiger partial charge in [0, 0.05) is 42.2 Å². The van der Waals surface area contributed by atoms with Crippen LogP contribution in [0, 0.1) is 11.8 Å². The summed E-state index contributed by atoms with van der Waals surface area (Å²) in [5.41, 5.74) is 26.6. The number of carboxylic acids is 1. The molecule has 11 N–H and O–H groups in total. The number of hydrogen-bond donors (Lipinski definition) is 7. The number of rotatable bonds is 12. The molecule has 2 fully saturated rings. The molecule has 0 amide bonds. The van der Waals surface area contributed by atoms with Gasteiger partial charge in [0.1, 0.15) is 11.8 Å². The summed E-state index contributed by atoms with van der Waals surface area (Å²) in [5, 5.41) is 27.6. The predicted molar refractivity (Wildman–Crippen MR) is 221 cm³/mol. The molecule has 0 aromatic heterocycles. The largest absolute Gasteiger partial charge is 0.702 e. The summed E-state index contributed by atoms with van der Waals surface area (Å²) in [6.45, 7) is 16.9. The van der Waals surface area contributed by atoms with Crippen molar-refractivity contribution in [2.75, 3.05) is 19.6 Å². The van der Waals surface area contributed by atoms with Gasteiger partial charge in [-0.2, -0.15) is 86.7 Å². The Hall–Kier alpha value is 0.929. The minimum absolute atomic E-state index is 0. The third kappa shape index (κ3) is 31.9. The Morgan fingerprint density at radius 2 is 1.09 bits per heavy atom. The van der Waals surface area contributed by atoms with E-state index in [4.69, 9.17) is 33.1 Å². The molecule has 0 aromatic rings. The first-order valence-corrected chi connectivity index (χ1v) is 14.2. The van der Waals surface area contributed by atoms with E-state index in [-0.39, 0.29) is 128 Å². The van der Waals surface area contributed by atoms with Gasteiger partial charge in [-0.05, 0) is 43.7 Å². The van der Waals surface area contributed by atoms with E-state index < -0.39 is 12.0 Å². The zero-order chi connectivity index (χ0) is 29.3. The molecule has 0 saturated heterocycles. The quantitative estimate of drug-likeness (QED) is 0.0835. The Kier molecular flexibility index (Phi) is 54.1. The van der Waals surface area contributed by atoms with Gasteiger partial charge < -0.3 is 49.1 Å². The minimum atomic E-state index is -0.931. The second kappa shape index (κ2) is 37.7. The van der Waals surface area contributed by atoms with Crippen LogP contribution in [0.15, 0.2) is 24.6 Å². The van der Waals surface area contributed by atoms with E-state index in [0.717, 1.165) is 25.9 Å². The number of carboxylic acid groups (broad SMARTS) is 1. The number of hydrogen-bond acceptors (Lipinski definition) is 7. The van der Waals surface area contributed by atoms with Crippen molar-refractivity contribution in [3.8, 4) is 0 Å². The van der Waals surface area contributed by atoms with Gasteiger partial charge in [-0.15, -0.1) is 12.6 Å². The SMILES string of the molecule is C=C(O)[C@@H](N)C(C)C.C=C([NH-])CN[C@H]1CCCC[C@@H]1NCCN[C@H]1CCCC[C@@H]1[NH-].CC(C)[C@H](N)C(=O)O.S.S.S.S.S.S.[Mn]. The van der Waals surface area contributed by atoms with Crippen molar-refractivity contribution in [3.05, 3.63) is 36.1 Å². The maximum Gasteiger partial charge on any atom is 0.320 e. The van der Waals surface area contributed by atoms with E-state index >= 15 is 0 Å². The van der Waals surface area contributed by atoms with E-state index in [2.05, 4.69) is 29.1 Å². The van der Waals surface area contributed by atoms with Crippen LogP contribution in [0.5, 0.6) is 0 Å². The van der Waals surface area contributed by atoms with Crippen molar-refractivity contribution >= 4 is 86.9 Å². The van der Waals surface area contributed by atoms with Crippen molar-refractivity contribution in [3.63, 3.8) is 0 Å². The molecule has 0 bridgehead atoms. The van der Waals surface area contributed by atoms with Gasteiger partial charge in [0.15, 0.2) is 0 Å². The molecule has 0 aliphatic heterocycles. The Labute approximate surface area is 327 Å². The molecular formula is C28H69MnN7O3S6-2. The Balaban J connectivity index is -0.0000000850. The van der Waals surface area contributed by atoms with Gasteiger partial charge in [0.25, 0.3) is 0 Å². The van der Waals surface area contributed by atoms with Gasteiger partial charge in [-0.3, -0.25) is 4.79 Å². The van der Waals surface area contributed by atoms with Crippen molar-refractivity contribution in [2.24, 2.45) is 23.3 Å².